The van der Waals surface area contributed by atoms with Gasteiger partial charge in [-0.3, -0.25) is 4.98 Å². The number of hydrogen-bond acceptors (Lipinski definition) is 5. The number of nitrogens with one attached hydrogen (secondary N) is 1. The summed E-state index contributed by atoms with van der Waals surface area (Å²) < 4.78 is 27.6. The van der Waals surface area contributed by atoms with Crippen LogP contribution in [-0.4, -0.2) is 46.5 Å². The van der Waals surface area contributed by atoms with E-state index in [1.165, 1.54) is 6.26 Å². The van der Waals surface area contributed by atoms with Crippen molar-refractivity contribution in [2.75, 3.05) is 17.7 Å². The van der Waals surface area contributed by atoms with Crippen molar-refractivity contribution in [1.82, 2.24) is 19.3 Å². The maximum atomic E-state index is 13.0. The van der Waals surface area contributed by atoms with E-state index in [1.807, 2.05) is 42.7 Å². The highest BCUT2D eigenvalue weighted by Crippen LogP contribution is 2.34. The van der Waals surface area contributed by atoms with E-state index in [9.17, 15) is 8.42 Å². The minimum absolute atomic E-state index is 0. The predicted octanol–water partition coefficient (Wildman–Crippen LogP) is 4.71. The minimum Gasteiger partial charge on any atom is -0.364 e. The molecule has 0 spiro atoms. The van der Waals surface area contributed by atoms with Crippen molar-refractivity contribution in [1.29, 1.82) is 0 Å². The predicted molar refractivity (Wildman–Crippen MR) is 148 cm³/mol. The molecule has 3 heterocycles. The Morgan fingerprint density at radius 3 is 2.44 bits per heavy atom. The summed E-state index contributed by atoms with van der Waals surface area (Å²) in [5.74, 6) is 0. The Bertz CT molecular complexity index is 1350. The van der Waals surface area contributed by atoms with Gasteiger partial charge in [-0.25, -0.2) is 13.4 Å². The summed E-state index contributed by atoms with van der Waals surface area (Å²) in [5, 5.41) is 0. The summed E-state index contributed by atoms with van der Waals surface area (Å²) in [5.41, 5.74) is 6.19. The normalized spacial score (nSPS) is 15.8. The second kappa shape index (κ2) is 11.9. The monoisotopic (exact) mass is 545 g/mol. The van der Waals surface area contributed by atoms with E-state index in [-0.39, 0.29) is 30.9 Å². The Morgan fingerprint density at radius 2 is 1.78 bits per heavy atom. The fraction of sp³-hybridized carbons (Fsp3) is 0.231. The van der Waals surface area contributed by atoms with Crippen LogP contribution in [0.25, 0.3) is 11.1 Å². The van der Waals surface area contributed by atoms with Gasteiger partial charge < -0.3 is 9.88 Å². The molecule has 0 unspecified atom stereocenters. The highest BCUT2D eigenvalue weighted by Gasteiger charge is 2.33. The highest BCUT2D eigenvalue weighted by molar-refractivity contribution is 7.88. The molecule has 2 aromatic heterocycles. The maximum Gasteiger partial charge on any atom is 0.211 e. The average Bonchev–Trinajstić information content (AvgIpc) is 3.30. The summed E-state index contributed by atoms with van der Waals surface area (Å²) in [6.45, 7) is 1.48. The van der Waals surface area contributed by atoms with E-state index in [0.717, 1.165) is 33.6 Å². The average molecular weight is 547 g/mol. The SMILES string of the molecule is CS(=O)(=O)N1Cc2cc(-c3ccccc3)ccc2N(Cc2cnc[nH]2)C[C@@H]1Cc1cccnc1.Cl.Cl. The lowest BCUT2D eigenvalue weighted by Gasteiger charge is -2.31. The number of anilines is 1. The molecule has 2 aromatic carbocycles. The Labute approximate surface area is 224 Å². The van der Waals surface area contributed by atoms with Crippen molar-refractivity contribution in [2.24, 2.45) is 0 Å². The van der Waals surface area contributed by atoms with Crippen LogP contribution in [0.1, 0.15) is 16.8 Å². The first-order valence-corrected chi connectivity index (χ1v) is 13.1. The third kappa shape index (κ3) is 6.25. The largest absolute Gasteiger partial charge is 0.364 e. The van der Waals surface area contributed by atoms with E-state index < -0.39 is 10.0 Å². The van der Waals surface area contributed by atoms with Crippen LogP contribution in [0.3, 0.4) is 0 Å². The van der Waals surface area contributed by atoms with Gasteiger partial charge in [-0.15, -0.1) is 24.8 Å². The summed E-state index contributed by atoms with van der Waals surface area (Å²) in [4.78, 5) is 13.8. The van der Waals surface area contributed by atoms with Crippen molar-refractivity contribution in [3.8, 4) is 11.1 Å². The summed E-state index contributed by atoms with van der Waals surface area (Å²) in [6, 6.07) is 20.1. The van der Waals surface area contributed by atoms with Crippen LogP contribution in [0.5, 0.6) is 0 Å². The van der Waals surface area contributed by atoms with Crippen LogP contribution in [0.4, 0.5) is 5.69 Å². The molecule has 0 amide bonds. The molecule has 7 nitrogen and oxygen atoms in total. The molecule has 36 heavy (non-hydrogen) atoms. The maximum absolute atomic E-state index is 13.0. The molecule has 0 fully saturated rings. The standard InChI is InChI=1S/C26H27N5O2S.2ClH/c1-34(32,33)31-16-23-13-22(21-7-3-2-4-8-21)9-10-26(23)30(17-24-15-28-19-29-24)18-25(31)12-20-6-5-11-27-14-20;;/h2-11,13-15,19,25H,12,16-18H2,1H3,(H,28,29);2*1H/t25-;;/m0../s1. The van der Waals surface area contributed by atoms with Crippen molar-refractivity contribution in [3.05, 3.63) is 102 Å². The Hall–Kier alpha value is -2.91. The van der Waals surface area contributed by atoms with Crippen molar-refractivity contribution in [2.45, 2.75) is 25.6 Å². The number of pyridine rings is 1. The van der Waals surface area contributed by atoms with E-state index >= 15 is 0 Å². The van der Waals surface area contributed by atoms with Gasteiger partial charge in [0, 0.05) is 43.4 Å². The third-order valence-electron chi connectivity index (χ3n) is 6.23. The first kappa shape index (κ1) is 27.7. The van der Waals surface area contributed by atoms with Gasteiger partial charge in [0.1, 0.15) is 0 Å². The summed E-state index contributed by atoms with van der Waals surface area (Å²) in [7, 11) is -3.46. The number of halogens is 2. The Morgan fingerprint density at radius 1 is 0.972 bits per heavy atom. The number of sulfonamides is 1. The zero-order chi connectivity index (χ0) is 23.5. The van der Waals surface area contributed by atoms with Crippen LogP contribution in [0, 0.1) is 0 Å². The number of fused-ring (bicyclic) bond motifs is 1. The molecule has 0 radical (unpaired) electrons. The summed E-state index contributed by atoms with van der Waals surface area (Å²) >= 11 is 0. The number of rotatable bonds is 6. The molecule has 0 saturated carbocycles. The van der Waals surface area contributed by atoms with Crippen LogP contribution in [0.2, 0.25) is 0 Å². The topological polar surface area (TPSA) is 82.2 Å². The molecule has 0 bridgehead atoms. The molecule has 0 saturated heterocycles. The molecule has 5 rings (SSSR count). The highest BCUT2D eigenvalue weighted by atomic mass is 35.5. The summed E-state index contributed by atoms with van der Waals surface area (Å²) in [6.07, 6.45) is 8.91. The molecule has 190 valence electrons. The fourth-order valence-corrected chi connectivity index (χ4v) is 5.70. The molecule has 1 N–H and O–H groups in total. The quantitative estimate of drug-likeness (QED) is 0.379. The Balaban J connectivity index is 0.00000180. The van der Waals surface area contributed by atoms with E-state index in [4.69, 9.17) is 0 Å². The molecule has 0 aliphatic carbocycles. The molecular formula is C26H29Cl2N5O2S. The first-order chi connectivity index (χ1) is 16.5. The van der Waals surface area contributed by atoms with Crippen LogP contribution < -0.4 is 4.90 Å². The fourth-order valence-electron chi connectivity index (χ4n) is 4.64. The number of imidazole rings is 1. The number of aromatic nitrogens is 3. The van der Waals surface area contributed by atoms with E-state index in [0.29, 0.717) is 26.1 Å². The van der Waals surface area contributed by atoms with Crippen LogP contribution >= 0.6 is 24.8 Å². The van der Waals surface area contributed by atoms with Gasteiger partial charge in [0.05, 0.1) is 24.8 Å². The number of aromatic amines is 1. The zero-order valence-corrected chi connectivity index (χ0v) is 22.3. The van der Waals surface area contributed by atoms with Crippen LogP contribution in [0.15, 0.2) is 85.6 Å². The first-order valence-electron chi connectivity index (χ1n) is 11.2. The second-order valence-electron chi connectivity index (χ2n) is 8.69. The van der Waals surface area contributed by atoms with Gasteiger partial charge in [-0.05, 0) is 46.9 Å². The molecule has 1 atom stereocenters. The number of nitrogens with zero attached hydrogens (tertiary/aromatic N) is 4. The van der Waals surface area contributed by atoms with Crippen molar-refractivity contribution in [3.63, 3.8) is 0 Å². The Kier molecular flexibility index (Phi) is 9.13. The smallest absolute Gasteiger partial charge is 0.211 e. The van der Waals surface area contributed by atoms with Crippen molar-refractivity contribution >= 4 is 40.5 Å². The van der Waals surface area contributed by atoms with Gasteiger partial charge in [0.2, 0.25) is 10.0 Å². The number of H-pyrrole nitrogens is 1. The van der Waals surface area contributed by atoms with Crippen LogP contribution in [-0.2, 0) is 29.5 Å². The lowest BCUT2D eigenvalue weighted by Crippen LogP contribution is -2.45. The lowest BCUT2D eigenvalue weighted by atomic mass is 10.0. The minimum atomic E-state index is -3.46. The number of hydrogen-bond donors (Lipinski definition) is 1. The zero-order valence-electron chi connectivity index (χ0n) is 19.8. The van der Waals surface area contributed by atoms with E-state index in [2.05, 4.69) is 50.2 Å². The van der Waals surface area contributed by atoms with Gasteiger partial charge in [0.15, 0.2) is 0 Å². The van der Waals surface area contributed by atoms with Crippen molar-refractivity contribution < 1.29 is 8.42 Å². The molecule has 10 heteroatoms. The molecule has 1 aliphatic rings. The van der Waals surface area contributed by atoms with Gasteiger partial charge >= 0.3 is 0 Å². The molecule has 4 aromatic rings. The van der Waals surface area contributed by atoms with E-state index in [1.54, 1.807) is 16.8 Å². The van der Waals surface area contributed by atoms with Gasteiger partial charge in [-0.1, -0.05) is 42.5 Å². The van der Waals surface area contributed by atoms with Gasteiger partial charge in [0.25, 0.3) is 0 Å². The molecule has 1 aliphatic heterocycles. The van der Waals surface area contributed by atoms with Gasteiger partial charge in [-0.2, -0.15) is 4.31 Å². The second-order valence-corrected chi connectivity index (χ2v) is 10.6. The molecular weight excluding hydrogens is 517 g/mol. The lowest BCUT2D eigenvalue weighted by molar-refractivity contribution is 0.320. The third-order valence-corrected chi connectivity index (χ3v) is 7.51. The number of benzene rings is 2.